The molecule has 5 heteroatoms. The van der Waals surface area contributed by atoms with Gasteiger partial charge in [-0.25, -0.2) is 4.98 Å². The Kier molecular flexibility index (Phi) is 3.50. The second-order valence-corrected chi connectivity index (χ2v) is 7.02. The molecule has 0 atom stereocenters. The van der Waals surface area contributed by atoms with Gasteiger partial charge in [-0.2, -0.15) is 0 Å². The molecule has 2 heterocycles. The predicted octanol–water partition coefficient (Wildman–Crippen LogP) is 3.14. The standard InChI is InChI=1S/C18H17N3OS/c1-12-16(20-18(23-12)21-8-4-5-9-21)17(22)19-15-10-13-6-2-3-7-14(13)11-15/h2-9,15H,10-11H2,1H3,(H,19,22). The van der Waals surface area contributed by atoms with Crippen molar-refractivity contribution in [2.45, 2.75) is 25.8 Å². The molecule has 0 saturated carbocycles. The number of nitrogens with one attached hydrogen (secondary N) is 1. The monoisotopic (exact) mass is 323 g/mol. The molecule has 0 fully saturated rings. The van der Waals surface area contributed by atoms with Gasteiger partial charge in [-0.3, -0.25) is 4.79 Å². The van der Waals surface area contributed by atoms with Gasteiger partial charge in [-0.1, -0.05) is 24.3 Å². The number of hydrogen-bond acceptors (Lipinski definition) is 3. The van der Waals surface area contributed by atoms with E-state index in [2.05, 4.69) is 34.6 Å². The number of amides is 1. The Morgan fingerprint density at radius 1 is 1.17 bits per heavy atom. The Balaban J connectivity index is 1.50. The highest BCUT2D eigenvalue weighted by Gasteiger charge is 2.24. The van der Waals surface area contributed by atoms with E-state index in [9.17, 15) is 4.79 Å². The third-order valence-corrected chi connectivity index (χ3v) is 5.20. The summed E-state index contributed by atoms with van der Waals surface area (Å²) in [5, 5.41) is 3.96. The lowest BCUT2D eigenvalue weighted by Crippen LogP contribution is -2.35. The Labute approximate surface area is 138 Å². The van der Waals surface area contributed by atoms with E-state index in [1.807, 2.05) is 36.0 Å². The zero-order chi connectivity index (χ0) is 15.8. The van der Waals surface area contributed by atoms with Crippen LogP contribution in [-0.2, 0) is 12.8 Å². The summed E-state index contributed by atoms with van der Waals surface area (Å²) in [5.41, 5.74) is 3.20. The molecule has 0 bridgehead atoms. The number of fused-ring (bicyclic) bond motifs is 1. The van der Waals surface area contributed by atoms with Gasteiger partial charge in [0.15, 0.2) is 5.13 Å². The van der Waals surface area contributed by atoms with Gasteiger partial charge in [-0.15, -0.1) is 11.3 Å². The number of rotatable bonds is 3. The molecular formula is C18H17N3OS. The molecule has 1 N–H and O–H groups in total. The van der Waals surface area contributed by atoms with Crippen molar-refractivity contribution >= 4 is 17.2 Å². The maximum absolute atomic E-state index is 12.6. The Hall–Kier alpha value is -2.40. The lowest BCUT2D eigenvalue weighted by molar-refractivity contribution is 0.0933. The SMILES string of the molecule is Cc1sc(-n2cccc2)nc1C(=O)NC1Cc2ccccc2C1. The second kappa shape index (κ2) is 5.66. The minimum Gasteiger partial charge on any atom is -0.347 e. The molecule has 1 aliphatic carbocycles. The molecule has 0 radical (unpaired) electrons. The van der Waals surface area contributed by atoms with Crippen LogP contribution >= 0.6 is 11.3 Å². The number of carbonyl (C=O) groups excluding carboxylic acids is 1. The van der Waals surface area contributed by atoms with E-state index < -0.39 is 0 Å². The average molecular weight is 323 g/mol. The molecule has 0 spiro atoms. The molecule has 4 nitrogen and oxygen atoms in total. The average Bonchev–Trinajstić information content (AvgIpc) is 3.25. The number of carbonyl (C=O) groups is 1. The first kappa shape index (κ1) is 14.2. The van der Waals surface area contributed by atoms with E-state index in [4.69, 9.17) is 0 Å². The zero-order valence-electron chi connectivity index (χ0n) is 12.8. The summed E-state index contributed by atoms with van der Waals surface area (Å²) < 4.78 is 1.93. The first-order valence-corrected chi connectivity index (χ1v) is 8.51. The van der Waals surface area contributed by atoms with Gasteiger partial charge < -0.3 is 9.88 Å². The number of aromatic nitrogens is 2. The normalized spacial score (nSPS) is 14.0. The van der Waals surface area contributed by atoms with Crippen LogP contribution in [0.4, 0.5) is 0 Å². The topological polar surface area (TPSA) is 46.9 Å². The van der Waals surface area contributed by atoms with Crippen molar-refractivity contribution < 1.29 is 4.79 Å². The minimum atomic E-state index is -0.0741. The van der Waals surface area contributed by atoms with E-state index in [1.165, 1.54) is 22.5 Å². The first-order valence-electron chi connectivity index (χ1n) is 7.69. The Morgan fingerprint density at radius 3 is 2.48 bits per heavy atom. The van der Waals surface area contributed by atoms with E-state index in [0.29, 0.717) is 5.69 Å². The summed E-state index contributed by atoms with van der Waals surface area (Å²) in [6, 6.07) is 12.4. The second-order valence-electron chi connectivity index (χ2n) is 5.84. The van der Waals surface area contributed by atoms with Crippen LogP contribution in [0.15, 0.2) is 48.8 Å². The first-order chi connectivity index (χ1) is 11.2. The maximum atomic E-state index is 12.6. The van der Waals surface area contributed by atoms with Crippen LogP contribution < -0.4 is 5.32 Å². The molecule has 23 heavy (non-hydrogen) atoms. The summed E-state index contributed by atoms with van der Waals surface area (Å²) in [6.45, 7) is 1.95. The number of benzene rings is 1. The van der Waals surface area contributed by atoms with Gasteiger partial charge in [0, 0.05) is 23.3 Å². The van der Waals surface area contributed by atoms with Gasteiger partial charge in [0.2, 0.25) is 0 Å². The molecule has 1 aromatic carbocycles. The van der Waals surface area contributed by atoms with Crippen molar-refractivity contribution in [3.63, 3.8) is 0 Å². The zero-order valence-corrected chi connectivity index (χ0v) is 13.6. The van der Waals surface area contributed by atoms with Crippen molar-refractivity contribution in [1.82, 2.24) is 14.9 Å². The van der Waals surface area contributed by atoms with Gasteiger partial charge in [0.05, 0.1) is 0 Å². The minimum absolute atomic E-state index is 0.0741. The summed E-state index contributed by atoms with van der Waals surface area (Å²) in [6.07, 6.45) is 5.67. The summed E-state index contributed by atoms with van der Waals surface area (Å²) >= 11 is 1.54. The van der Waals surface area contributed by atoms with Crippen LogP contribution in [0.1, 0.15) is 26.5 Å². The largest absolute Gasteiger partial charge is 0.347 e. The number of thiazole rings is 1. The maximum Gasteiger partial charge on any atom is 0.271 e. The van der Waals surface area contributed by atoms with Crippen molar-refractivity contribution in [3.05, 3.63) is 70.5 Å². The van der Waals surface area contributed by atoms with Crippen LogP contribution in [0.2, 0.25) is 0 Å². The fourth-order valence-corrected chi connectivity index (χ4v) is 3.95. The third-order valence-electron chi connectivity index (χ3n) is 4.21. The van der Waals surface area contributed by atoms with Crippen LogP contribution in [0.5, 0.6) is 0 Å². The molecule has 0 unspecified atom stereocenters. The lowest BCUT2D eigenvalue weighted by atomic mass is 10.1. The Morgan fingerprint density at radius 2 is 1.83 bits per heavy atom. The molecule has 116 valence electrons. The van der Waals surface area contributed by atoms with E-state index in [-0.39, 0.29) is 11.9 Å². The molecule has 2 aromatic heterocycles. The van der Waals surface area contributed by atoms with Crippen LogP contribution in [0, 0.1) is 6.92 Å². The third kappa shape index (κ3) is 2.68. The molecule has 3 aromatic rings. The van der Waals surface area contributed by atoms with Crippen LogP contribution in [-0.4, -0.2) is 21.5 Å². The van der Waals surface area contributed by atoms with Crippen LogP contribution in [0.25, 0.3) is 5.13 Å². The van der Waals surface area contributed by atoms with Gasteiger partial charge >= 0.3 is 0 Å². The quantitative estimate of drug-likeness (QED) is 0.805. The van der Waals surface area contributed by atoms with Crippen molar-refractivity contribution in [2.24, 2.45) is 0 Å². The Bertz CT molecular complexity index is 826. The van der Waals surface area contributed by atoms with Crippen molar-refractivity contribution in [1.29, 1.82) is 0 Å². The molecule has 1 amide bonds. The van der Waals surface area contributed by atoms with Gasteiger partial charge in [0.1, 0.15) is 5.69 Å². The number of aryl methyl sites for hydroxylation is 1. The van der Waals surface area contributed by atoms with Gasteiger partial charge in [0.25, 0.3) is 5.91 Å². The molecule has 4 rings (SSSR count). The fraction of sp³-hybridized carbons (Fsp3) is 0.222. The highest BCUT2D eigenvalue weighted by Crippen LogP contribution is 2.24. The molecule has 0 saturated heterocycles. The molecule has 1 aliphatic rings. The van der Waals surface area contributed by atoms with E-state index in [0.717, 1.165) is 22.9 Å². The highest BCUT2D eigenvalue weighted by molar-refractivity contribution is 7.14. The molecular weight excluding hydrogens is 306 g/mol. The smallest absolute Gasteiger partial charge is 0.271 e. The lowest BCUT2D eigenvalue weighted by Gasteiger charge is -2.11. The summed E-state index contributed by atoms with van der Waals surface area (Å²) in [7, 11) is 0. The van der Waals surface area contributed by atoms with E-state index >= 15 is 0 Å². The summed E-state index contributed by atoms with van der Waals surface area (Å²) in [4.78, 5) is 18.0. The van der Waals surface area contributed by atoms with Gasteiger partial charge in [-0.05, 0) is 43.0 Å². The van der Waals surface area contributed by atoms with E-state index in [1.54, 1.807) is 0 Å². The predicted molar refractivity (Wildman–Crippen MR) is 91.3 cm³/mol. The van der Waals surface area contributed by atoms with Crippen molar-refractivity contribution in [2.75, 3.05) is 0 Å². The molecule has 0 aliphatic heterocycles. The summed E-state index contributed by atoms with van der Waals surface area (Å²) in [5.74, 6) is -0.0741. The fourth-order valence-electron chi connectivity index (χ4n) is 3.08. The van der Waals surface area contributed by atoms with Crippen LogP contribution in [0.3, 0.4) is 0 Å². The highest BCUT2D eigenvalue weighted by atomic mass is 32.1. The van der Waals surface area contributed by atoms with Crippen molar-refractivity contribution in [3.8, 4) is 5.13 Å². The number of nitrogens with zero attached hydrogens (tertiary/aromatic N) is 2. The number of hydrogen-bond donors (Lipinski definition) is 1.